The Labute approximate surface area is 166 Å². The smallest absolute Gasteiger partial charge is 0.259 e. The molecule has 6 heteroatoms. The van der Waals surface area contributed by atoms with Gasteiger partial charge in [-0.2, -0.15) is 0 Å². The number of likely N-dealkylation sites (N-methyl/N-ethyl adjacent to an activating group) is 1. The number of carbonyl (C=O) groups excluding carboxylic acids is 1. The molecule has 1 fully saturated rings. The van der Waals surface area contributed by atoms with E-state index in [0.29, 0.717) is 35.6 Å². The zero-order chi connectivity index (χ0) is 19.8. The number of rotatable bonds is 1. The number of amides is 1. The molecule has 0 saturated carbocycles. The minimum Gasteiger partial charge on any atom is -0.384 e. The number of aryl methyl sites for hydroxylation is 3. The lowest BCUT2D eigenvalue weighted by Crippen LogP contribution is -2.43. The van der Waals surface area contributed by atoms with Crippen molar-refractivity contribution >= 4 is 11.6 Å². The molecule has 2 aromatic rings. The predicted octanol–water partition coefficient (Wildman–Crippen LogP) is 3.52. The molecule has 1 aromatic heterocycles. The first-order valence-electron chi connectivity index (χ1n) is 10.2. The summed E-state index contributed by atoms with van der Waals surface area (Å²) < 4.78 is 5.28. The number of anilines is 1. The number of para-hydroxylation sites is 1. The fourth-order valence-electron chi connectivity index (χ4n) is 4.76. The lowest BCUT2D eigenvalue weighted by atomic mass is 10.0. The number of fused-ring (bicyclic) bond motifs is 3. The van der Waals surface area contributed by atoms with Crippen LogP contribution in [0.2, 0.25) is 0 Å². The van der Waals surface area contributed by atoms with Gasteiger partial charge in [-0.05, 0) is 58.2 Å². The molecule has 0 radical (unpaired) electrons. The van der Waals surface area contributed by atoms with E-state index in [1.54, 1.807) is 0 Å². The Morgan fingerprint density at radius 3 is 2.71 bits per heavy atom. The van der Waals surface area contributed by atoms with E-state index < -0.39 is 0 Å². The molecule has 0 spiro atoms. The molecular formula is C22H30N4O2. The van der Waals surface area contributed by atoms with E-state index in [0.717, 1.165) is 25.9 Å². The van der Waals surface area contributed by atoms with Crippen LogP contribution in [0, 0.1) is 20.8 Å². The molecular weight excluding hydrogens is 352 g/mol. The standard InChI is InChI=1S/C22H30N4O2/c1-14-6-5-7-17-12-26(22(27)20-15(2)24-28-16(20)3)13-19-9-8-18(25(19)4)10-11-23-21(14)17/h5-7,18-19,23H,8-13H2,1-4H3. The highest BCUT2D eigenvalue weighted by Gasteiger charge is 2.34. The average molecular weight is 383 g/mol. The van der Waals surface area contributed by atoms with Crippen LogP contribution in [0.15, 0.2) is 22.7 Å². The van der Waals surface area contributed by atoms with Crippen LogP contribution in [0.25, 0.3) is 0 Å². The Morgan fingerprint density at radius 2 is 1.96 bits per heavy atom. The van der Waals surface area contributed by atoms with Crippen LogP contribution in [-0.4, -0.2) is 53.1 Å². The van der Waals surface area contributed by atoms with Gasteiger partial charge in [0, 0.05) is 37.4 Å². The van der Waals surface area contributed by atoms with Gasteiger partial charge in [0.2, 0.25) is 0 Å². The molecule has 150 valence electrons. The topological polar surface area (TPSA) is 61.6 Å². The summed E-state index contributed by atoms with van der Waals surface area (Å²) in [5, 5.41) is 7.65. The molecule has 2 unspecified atom stereocenters. The van der Waals surface area contributed by atoms with E-state index in [-0.39, 0.29) is 5.91 Å². The van der Waals surface area contributed by atoms with Crippen LogP contribution in [0.4, 0.5) is 5.69 Å². The molecule has 2 bridgehead atoms. The largest absolute Gasteiger partial charge is 0.384 e. The maximum atomic E-state index is 13.5. The Bertz CT molecular complexity index is 856. The van der Waals surface area contributed by atoms with Crippen LogP contribution in [0.1, 0.15) is 52.2 Å². The van der Waals surface area contributed by atoms with E-state index in [1.807, 2.05) is 18.7 Å². The second-order valence-corrected chi connectivity index (χ2v) is 8.26. The highest BCUT2D eigenvalue weighted by atomic mass is 16.5. The number of nitrogens with one attached hydrogen (secondary N) is 1. The number of hydrogen-bond donors (Lipinski definition) is 1. The minimum atomic E-state index is 0.0137. The summed E-state index contributed by atoms with van der Waals surface area (Å²) in [6.45, 7) is 8.05. The van der Waals surface area contributed by atoms with Gasteiger partial charge >= 0.3 is 0 Å². The highest BCUT2D eigenvalue weighted by Crippen LogP contribution is 2.30. The van der Waals surface area contributed by atoms with Crippen molar-refractivity contribution in [2.75, 3.05) is 25.5 Å². The van der Waals surface area contributed by atoms with Crippen molar-refractivity contribution in [2.24, 2.45) is 0 Å². The van der Waals surface area contributed by atoms with E-state index >= 15 is 0 Å². The summed E-state index contributed by atoms with van der Waals surface area (Å²) in [4.78, 5) is 18.0. The number of hydrogen-bond acceptors (Lipinski definition) is 5. The van der Waals surface area contributed by atoms with Crippen LogP contribution < -0.4 is 5.32 Å². The third-order valence-corrected chi connectivity index (χ3v) is 6.45. The Balaban J connectivity index is 1.73. The van der Waals surface area contributed by atoms with Gasteiger partial charge in [0.1, 0.15) is 11.3 Å². The van der Waals surface area contributed by atoms with Gasteiger partial charge in [-0.3, -0.25) is 9.69 Å². The number of nitrogens with zero attached hydrogens (tertiary/aromatic N) is 3. The zero-order valence-electron chi connectivity index (χ0n) is 17.3. The van der Waals surface area contributed by atoms with Crippen LogP contribution in [0.5, 0.6) is 0 Å². The first-order chi connectivity index (χ1) is 13.5. The molecule has 4 rings (SSSR count). The van der Waals surface area contributed by atoms with Gasteiger partial charge in [0.15, 0.2) is 0 Å². The van der Waals surface area contributed by atoms with Crippen LogP contribution in [-0.2, 0) is 6.54 Å². The van der Waals surface area contributed by atoms with Crippen molar-refractivity contribution in [2.45, 2.75) is 58.7 Å². The second-order valence-electron chi connectivity index (χ2n) is 8.26. The molecule has 1 aromatic carbocycles. The molecule has 1 amide bonds. The van der Waals surface area contributed by atoms with Crippen molar-refractivity contribution < 1.29 is 9.32 Å². The SMILES string of the molecule is Cc1cccc2c1NCCC1CCC(CN(C(=O)c3c(C)noc3C)C2)N1C. The zero-order valence-corrected chi connectivity index (χ0v) is 17.3. The molecule has 2 aliphatic rings. The Hall–Kier alpha value is -2.34. The maximum absolute atomic E-state index is 13.5. The summed E-state index contributed by atoms with van der Waals surface area (Å²) in [7, 11) is 2.21. The summed E-state index contributed by atoms with van der Waals surface area (Å²) in [5.74, 6) is 0.608. The van der Waals surface area contributed by atoms with Gasteiger partial charge in [0.05, 0.1) is 5.69 Å². The molecule has 28 heavy (non-hydrogen) atoms. The van der Waals surface area contributed by atoms with E-state index in [4.69, 9.17) is 4.52 Å². The van der Waals surface area contributed by atoms with Gasteiger partial charge in [-0.25, -0.2) is 0 Å². The maximum Gasteiger partial charge on any atom is 0.259 e. The van der Waals surface area contributed by atoms with Crippen molar-refractivity contribution in [3.63, 3.8) is 0 Å². The fraction of sp³-hybridized carbons (Fsp3) is 0.545. The van der Waals surface area contributed by atoms with Crippen molar-refractivity contribution in [3.8, 4) is 0 Å². The Kier molecular flexibility index (Phi) is 5.15. The van der Waals surface area contributed by atoms with E-state index in [2.05, 4.69) is 47.5 Å². The molecule has 1 N–H and O–H groups in total. The van der Waals surface area contributed by atoms with Crippen molar-refractivity contribution in [3.05, 3.63) is 46.3 Å². The first kappa shape index (κ1) is 19.0. The third kappa shape index (κ3) is 3.41. The van der Waals surface area contributed by atoms with E-state index in [1.165, 1.54) is 23.2 Å². The van der Waals surface area contributed by atoms with Crippen molar-refractivity contribution in [1.82, 2.24) is 15.0 Å². The number of carbonyl (C=O) groups is 1. The van der Waals surface area contributed by atoms with Gasteiger partial charge < -0.3 is 14.7 Å². The summed E-state index contributed by atoms with van der Waals surface area (Å²) in [5.41, 5.74) is 4.83. The molecule has 1 saturated heterocycles. The predicted molar refractivity (Wildman–Crippen MR) is 110 cm³/mol. The fourth-order valence-corrected chi connectivity index (χ4v) is 4.76. The van der Waals surface area contributed by atoms with Gasteiger partial charge in [-0.1, -0.05) is 23.4 Å². The highest BCUT2D eigenvalue weighted by molar-refractivity contribution is 5.96. The summed E-state index contributed by atoms with van der Waals surface area (Å²) in [6, 6.07) is 7.29. The molecule has 3 heterocycles. The average Bonchev–Trinajstić information content (AvgIpc) is 3.17. The Morgan fingerprint density at radius 1 is 1.18 bits per heavy atom. The van der Waals surface area contributed by atoms with Gasteiger partial charge in [-0.15, -0.1) is 0 Å². The molecule has 6 nitrogen and oxygen atoms in total. The van der Waals surface area contributed by atoms with Crippen molar-refractivity contribution in [1.29, 1.82) is 0 Å². The van der Waals surface area contributed by atoms with Crippen LogP contribution in [0.3, 0.4) is 0 Å². The summed E-state index contributed by atoms with van der Waals surface area (Å²) in [6.07, 6.45) is 3.45. The lowest BCUT2D eigenvalue weighted by molar-refractivity contribution is 0.0687. The normalized spacial score (nSPS) is 23.1. The molecule has 2 atom stereocenters. The second kappa shape index (κ2) is 7.59. The molecule has 0 aliphatic carbocycles. The first-order valence-corrected chi connectivity index (χ1v) is 10.2. The quantitative estimate of drug-likeness (QED) is 0.818. The van der Waals surface area contributed by atoms with E-state index in [9.17, 15) is 4.79 Å². The van der Waals surface area contributed by atoms with Crippen LogP contribution >= 0.6 is 0 Å². The third-order valence-electron chi connectivity index (χ3n) is 6.45. The van der Waals surface area contributed by atoms with Gasteiger partial charge in [0.25, 0.3) is 5.91 Å². The minimum absolute atomic E-state index is 0.0137. The number of aromatic nitrogens is 1. The summed E-state index contributed by atoms with van der Waals surface area (Å²) >= 11 is 0. The monoisotopic (exact) mass is 382 g/mol. The number of benzene rings is 1. The molecule has 2 aliphatic heterocycles. The lowest BCUT2D eigenvalue weighted by Gasteiger charge is -2.31.